The maximum absolute atomic E-state index is 13.1. The number of aliphatic hydroxyl groups excluding tert-OH is 4. The van der Waals surface area contributed by atoms with Crippen LogP contribution in [0.15, 0.2) is 11.6 Å². The van der Waals surface area contributed by atoms with Crippen molar-refractivity contribution >= 4 is 39.2 Å². The average Bonchev–Trinajstić information content (AvgIpc) is 3.65. The molecule has 15 atom stereocenters. The monoisotopic (exact) mass is 766 g/mol. The van der Waals surface area contributed by atoms with Gasteiger partial charge in [0.25, 0.3) is 0 Å². The number of hydrogen-bond donors (Lipinski definition) is 6. The van der Waals surface area contributed by atoms with E-state index in [-0.39, 0.29) is 23.2 Å². The highest BCUT2D eigenvalue weighted by Crippen LogP contribution is 2.67. The van der Waals surface area contributed by atoms with Gasteiger partial charge >= 0.3 is 27.6 Å². The molecule has 11 unspecified atom stereocenters. The van der Waals surface area contributed by atoms with Gasteiger partial charge in [-0.15, -0.1) is 0 Å². The largest absolute Gasteiger partial charge is 0.473 e. The van der Waals surface area contributed by atoms with E-state index in [1.165, 1.54) is 0 Å². The van der Waals surface area contributed by atoms with Crippen LogP contribution in [0.3, 0.4) is 0 Å². The Morgan fingerprint density at radius 2 is 1.33 bits per heavy atom. The van der Waals surface area contributed by atoms with Crippen molar-refractivity contribution in [3.05, 3.63) is 11.6 Å². The standard InChI is InChI=1S/C31H44O18P2/c1-30-9-7-15(46-50(40,41)48-26-22(36)24(19(34)12-32)44-28(26)38)11-14(30)3-4-16-17-5-6-21(31(17,2)10-8-18(16)30)47-51(42,43)49-27-23(37)25(20(35)13-33)45-29(27)39/h3,15-21,24-27,32-35H,4-13H2,1-2H3,(H,40,41)(H,42,43)/t15-,16?,17?,18?,19?,20?,21-,24?,25?,26?,27?,30-,31-/m0/s1. The van der Waals surface area contributed by atoms with Crippen molar-refractivity contribution in [1.29, 1.82) is 0 Å². The van der Waals surface area contributed by atoms with E-state index in [0.717, 1.165) is 12.0 Å². The number of Topliss-reactive ketones (excluding diaryl/α,β-unsaturated/α-hetero) is 2. The Morgan fingerprint density at radius 1 is 0.784 bits per heavy atom. The minimum absolute atomic E-state index is 0.0925. The number of ether oxygens (including phenoxy) is 2. The molecule has 286 valence electrons. The third-order valence-corrected chi connectivity index (χ3v) is 14.1. The molecule has 3 saturated carbocycles. The van der Waals surface area contributed by atoms with Crippen LogP contribution >= 0.6 is 15.6 Å². The summed E-state index contributed by atoms with van der Waals surface area (Å²) in [5.41, 5.74) is 0.228. The zero-order valence-electron chi connectivity index (χ0n) is 28.0. The lowest BCUT2D eigenvalue weighted by atomic mass is 9.48. The summed E-state index contributed by atoms with van der Waals surface area (Å²) in [6.07, 6.45) is -5.98. The first-order valence-electron chi connectivity index (χ1n) is 17.0. The number of aliphatic hydroxyl groups is 4. The zero-order valence-corrected chi connectivity index (χ0v) is 29.8. The van der Waals surface area contributed by atoms with Gasteiger partial charge in [0.15, 0.2) is 12.2 Å². The lowest BCUT2D eigenvalue weighted by Gasteiger charge is -2.58. The van der Waals surface area contributed by atoms with E-state index in [4.69, 9.17) is 37.8 Å². The number of hydrogen-bond acceptors (Lipinski definition) is 16. The maximum atomic E-state index is 13.1. The lowest BCUT2D eigenvalue weighted by molar-refractivity contribution is -0.152. The fourth-order valence-electron chi connectivity index (χ4n) is 9.45. The van der Waals surface area contributed by atoms with Crippen LogP contribution in [0.25, 0.3) is 0 Å². The molecule has 6 rings (SSSR count). The third kappa shape index (κ3) is 7.08. The molecule has 0 spiro atoms. The van der Waals surface area contributed by atoms with Gasteiger partial charge in [0, 0.05) is 0 Å². The number of allylic oxidation sites excluding steroid dienone is 1. The summed E-state index contributed by atoms with van der Waals surface area (Å²) >= 11 is 0. The van der Waals surface area contributed by atoms with Crippen molar-refractivity contribution in [3.8, 4) is 0 Å². The van der Waals surface area contributed by atoms with E-state index < -0.39 is 107 Å². The highest BCUT2D eigenvalue weighted by atomic mass is 31.2. The molecule has 5 fully saturated rings. The number of cyclic esters (lactones) is 2. The van der Waals surface area contributed by atoms with E-state index in [1.807, 2.05) is 6.92 Å². The van der Waals surface area contributed by atoms with Gasteiger partial charge in [-0.1, -0.05) is 25.5 Å². The Hall–Kier alpha value is -1.92. The van der Waals surface area contributed by atoms with Gasteiger partial charge in [-0.3, -0.25) is 27.7 Å². The Labute approximate surface area is 292 Å². The number of phosphoric acid groups is 2. The highest BCUT2D eigenvalue weighted by Gasteiger charge is 2.61. The van der Waals surface area contributed by atoms with Gasteiger partial charge < -0.3 is 39.7 Å². The predicted molar refractivity (Wildman–Crippen MR) is 167 cm³/mol. The molecular weight excluding hydrogens is 722 g/mol. The van der Waals surface area contributed by atoms with E-state index in [9.17, 15) is 48.3 Å². The summed E-state index contributed by atoms with van der Waals surface area (Å²) in [6.45, 7) is 2.40. The fraction of sp³-hybridized carbons (Fsp3) is 0.806. The summed E-state index contributed by atoms with van der Waals surface area (Å²) in [6, 6.07) is 0. The molecule has 6 aliphatic rings. The van der Waals surface area contributed by atoms with E-state index in [2.05, 4.69) is 13.0 Å². The van der Waals surface area contributed by atoms with Crippen molar-refractivity contribution in [2.75, 3.05) is 13.2 Å². The molecule has 2 saturated heterocycles. The molecule has 51 heavy (non-hydrogen) atoms. The molecule has 6 N–H and O–H groups in total. The van der Waals surface area contributed by atoms with Crippen LogP contribution in [0.5, 0.6) is 0 Å². The molecular formula is C31H44O18P2. The second-order valence-electron chi connectivity index (χ2n) is 14.9. The Kier molecular flexibility index (Phi) is 10.7. The number of carbonyl (C=O) groups excluding carboxylic acids is 4. The van der Waals surface area contributed by atoms with Crippen LogP contribution in [-0.2, 0) is 55.9 Å². The van der Waals surface area contributed by atoms with Gasteiger partial charge in [0.2, 0.25) is 23.8 Å². The second kappa shape index (κ2) is 14.1. The van der Waals surface area contributed by atoms with Crippen molar-refractivity contribution in [3.63, 3.8) is 0 Å². The number of esters is 2. The van der Waals surface area contributed by atoms with Gasteiger partial charge in [-0.05, 0) is 80.0 Å². The number of rotatable bonds is 12. The van der Waals surface area contributed by atoms with Crippen LogP contribution < -0.4 is 0 Å². The number of ketones is 2. The molecule has 18 nitrogen and oxygen atoms in total. The minimum Gasteiger partial charge on any atom is -0.449 e. The lowest BCUT2D eigenvalue weighted by Crippen LogP contribution is -2.51. The smallest absolute Gasteiger partial charge is 0.449 e. The van der Waals surface area contributed by atoms with Gasteiger partial charge in [-0.25, -0.2) is 18.7 Å². The normalized spacial score (nSPS) is 42.8. The first-order chi connectivity index (χ1) is 23.8. The van der Waals surface area contributed by atoms with E-state index in [0.29, 0.717) is 44.9 Å². The van der Waals surface area contributed by atoms with Crippen LogP contribution in [0.1, 0.15) is 65.2 Å². The third-order valence-electron chi connectivity index (χ3n) is 12.1. The number of phosphoric ester groups is 2. The maximum Gasteiger partial charge on any atom is 0.473 e. The molecule has 0 radical (unpaired) electrons. The van der Waals surface area contributed by atoms with Crippen molar-refractivity contribution in [2.24, 2.45) is 28.6 Å². The SMILES string of the molecule is C[C@]12CC[C@H](OP(=O)(O)OC3C(=O)OC(C(O)CO)C3=O)CC1=CCC1C2CC[C@@]2(C)C1CC[C@@H]2OP(=O)(O)OC1C(=O)OC(C(O)CO)C1=O. The van der Waals surface area contributed by atoms with Crippen molar-refractivity contribution in [1.82, 2.24) is 0 Å². The fourth-order valence-corrected chi connectivity index (χ4v) is 11.7. The highest BCUT2D eigenvalue weighted by molar-refractivity contribution is 7.47. The summed E-state index contributed by atoms with van der Waals surface area (Å²) < 4.78 is 56.5. The van der Waals surface area contributed by atoms with Crippen LogP contribution in [0, 0.1) is 28.6 Å². The summed E-state index contributed by atoms with van der Waals surface area (Å²) in [5.74, 6) is -4.24. The quantitative estimate of drug-likeness (QED) is 0.0678. The second-order valence-corrected chi connectivity index (χ2v) is 17.6. The Bertz CT molecular complexity index is 1570. The average molecular weight is 767 g/mol. The molecule has 2 aliphatic heterocycles. The van der Waals surface area contributed by atoms with Gasteiger partial charge in [0.1, 0.15) is 12.2 Å². The molecule has 0 bridgehead atoms. The van der Waals surface area contributed by atoms with E-state index >= 15 is 0 Å². The molecule has 4 aliphatic carbocycles. The Morgan fingerprint density at radius 3 is 1.88 bits per heavy atom. The van der Waals surface area contributed by atoms with Crippen LogP contribution in [-0.4, -0.2) is 116 Å². The van der Waals surface area contributed by atoms with Crippen LogP contribution in [0.2, 0.25) is 0 Å². The summed E-state index contributed by atoms with van der Waals surface area (Å²) in [7, 11) is -9.92. The molecule has 0 aromatic rings. The van der Waals surface area contributed by atoms with Crippen molar-refractivity contribution < 1.29 is 86.1 Å². The minimum atomic E-state index is -4.97. The first-order valence-corrected chi connectivity index (χ1v) is 20.0. The van der Waals surface area contributed by atoms with Crippen molar-refractivity contribution in [2.45, 2.75) is 114 Å². The summed E-state index contributed by atoms with van der Waals surface area (Å²) in [5, 5.41) is 37.7. The summed E-state index contributed by atoms with van der Waals surface area (Å²) in [4.78, 5) is 70.5. The van der Waals surface area contributed by atoms with Gasteiger partial charge in [0.05, 0.1) is 25.4 Å². The molecule has 2 heterocycles. The molecule has 0 aromatic heterocycles. The van der Waals surface area contributed by atoms with Crippen LogP contribution in [0.4, 0.5) is 0 Å². The molecule has 0 aromatic carbocycles. The predicted octanol–water partition coefficient (Wildman–Crippen LogP) is 0.386. The number of fused-ring (bicyclic) bond motifs is 5. The topological polar surface area (TPSA) is 279 Å². The zero-order chi connectivity index (χ0) is 37.3. The first kappa shape index (κ1) is 38.8. The number of carbonyl (C=O) groups is 4. The van der Waals surface area contributed by atoms with Gasteiger partial charge in [-0.2, -0.15) is 0 Å². The van der Waals surface area contributed by atoms with E-state index in [1.54, 1.807) is 0 Å². The molecule has 0 amide bonds. The molecule has 20 heteroatoms. The Balaban J connectivity index is 1.08.